The van der Waals surface area contributed by atoms with Gasteiger partial charge >= 0.3 is 0 Å². The van der Waals surface area contributed by atoms with Crippen molar-refractivity contribution in [1.82, 2.24) is 0 Å². The molecule has 0 aromatic heterocycles. The summed E-state index contributed by atoms with van der Waals surface area (Å²) >= 11 is 0. The number of benzene rings is 2. The van der Waals surface area contributed by atoms with Crippen LogP contribution in [-0.2, 0) is 0 Å². The van der Waals surface area contributed by atoms with Gasteiger partial charge in [-0.3, -0.25) is 4.79 Å². The molecule has 0 spiro atoms. The van der Waals surface area contributed by atoms with Gasteiger partial charge in [0.2, 0.25) is 0 Å². The van der Waals surface area contributed by atoms with Crippen molar-refractivity contribution in [2.45, 2.75) is 6.92 Å². The minimum Gasteiger partial charge on any atom is -0.504 e. The number of hydrogen-bond acceptors (Lipinski definition) is 3. The van der Waals surface area contributed by atoms with Crippen LogP contribution in [0.1, 0.15) is 15.9 Å². The van der Waals surface area contributed by atoms with Crippen LogP contribution in [0.15, 0.2) is 36.4 Å². The first-order valence-electron chi connectivity index (χ1n) is 5.57. The molecule has 5 heteroatoms. The monoisotopic (exact) mass is 261 g/mol. The zero-order valence-electron chi connectivity index (χ0n) is 10.1. The molecule has 98 valence electrons. The number of amides is 1. The molecule has 0 saturated carbocycles. The summed E-state index contributed by atoms with van der Waals surface area (Å²) < 4.78 is 13.3. The molecule has 19 heavy (non-hydrogen) atoms. The maximum absolute atomic E-state index is 13.3. The first-order valence-corrected chi connectivity index (χ1v) is 5.57. The van der Waals surface area contributed by atoms with Crippen molar-refractivity contribution >= 4 is 11.6 Å². The van der Waals surface area contributed by atoms with E-state index in [2.05, 4.69) is 5.32 Å². The van der Waals surface area contributed by atoms with Crippen molar-refractivity contribution in [3.8, 4) is 11.5 Å². The lowest BCUT2D eigenvalue weighted by Crippen LogP contribution is -2.13. The average molecular weight is 261 g/mol. The van der Waals surface area contributed by atoms with E-state index in [1.807, 2.05) is 0 Å². The van der Waals surface area contributed by atoms with Crippen molar-refractivity contribution in [2.75, 3.05) is 5.32 Å². The zero-order chi connectivity index (χ0) is 14.0. The summed E-state index contributed by atoms with van der Waals surface area (Å²) in [6, 6.07) is 8.08. The second-order valence-corrected chi connectivity index (χ2v) is 4.07. The van der Waals surface area contributed by atoms with Crippen LogP contribution in [0.4, 0.5) is 10.1 Å². The zero-order valence-corrected chi connectivity index (χ0v) is 10.1. The van der Waals surface area contributed by atoms with Gasteiger partial charge < -0.3 is 15.5 Å². The number of aromatic hydroxyl groups is 2. The third-order valence-electron chi connectivity index (χ3n) is 2.75. The normalized spacial score (nSPS) is 10.2. The summed E-state index contributed by atoms with van der Waals surface area (Å²) in [5.41, 5.74) is 0.857. The molecule has 0 fully saturated rings. The molecule has 0 aliphatic heterocycles. The topological polar surface area (TPSA) is 69.6 Å². The van der Waals surface area contributed by atoms with Crippen LogP contribution in [0.25, 0.3) is 0 Å². The molecule has 3 N–H and O–H groups in total. The van der Waals surface area contributed by atoms with E-state index in [9.17, 15) is 14.3 Å². The Labute approximate surface area is 109 Å². The summed E-state index contributed by atoms with van der Waals surface area (Å²) in [5, 5.41) is 21.0. The Kier molecular flexibility index (Phi) is 3.37. The quantitative estimate of drug-likeness (QED) is 0.728. The van der Waals surface area contributed by atoms with Crippen LogP contribution < -0.4 is 5.32 Å². The van der Waals surface area contributed by atoms with E-state index < -0.39 is 11.7 Å². The summed E-state index contributed by atoms with van der Waals surface area (Å²) in [6.45, 7) is 1.55. The number of phenolic OH excluding ortho intramolecular Hbond substituents is 2. The number of anilines is 1. The van der Waals surface area contributed by atoms with Gasteiger partial charge in [-0.05, 0) is 37.3 Å². The number of halogens is 1. The second-order valence-electron chi connectivity index (χ2n) is 4.07. The molecule has 0 bridgehead atoms. The molecule has 4 nitrogen and oxygen atoms in total. The lowest BCUT2D eigenvalue weighted by Gasteiger charge is -2.09. The number of nitrogens with one attached hydrogen (secondary N) is 1. The van der Waals surface area contributed by atoms with Crippen molar-refractivity contribution in [3.63, 3.8) is 0 Å². The van der Waals surface area contributed by atoms with Crippen molar-refractivity contribution < 1.29 is 19.4 Å². The van der Waals surface area contributed by atoms with E-state index in [1.54, 1.807) is 13.0 Å². The maximum Gasteiger partial charge on any atom is 0.255 e. The van der Waals surface area contributed by atoms with E-state index in [1.165, 1.54) is 24.3 Å². The number of carbonyl (C=O) groups is 1. The Morgan fingerprint density at radius 3 is 2.58 bits per heavy atom. The highest BCUT2D eigenvalue weighted by atomic mass is 19.1. The largest absolute Gasteiger partial charge is 0.504 e. The van der Waals surface area contributed by atoms with Crippen LogP contribution >= 0.6 is 0 Å². The van der Waals surface area contributed by atoms with E-state index in [0.717, 1.165) is 6.07 Å². The molecule has 2 aromatic carbocycles. The van der Waals surface area contributed by atoms with Crippen molar-refractivity contribution in [1.29, 1.82) is 0 Å². The molecule has 0 aliphatic carbocycles. The lowest BCUT2D eigenvalue weighted by atomic mass is 10.1. The third kappa shape index (κ3) is 2.65. The van der Waals surface area contributed by atoms with Gasteiger partial charge in [0.05, 0.1) is 0 Å². The van der Waals surface area contributed by atoms with Gasteiger partial charge in [0.25, 0.3) is 5.91 Å². The second kappa shape index (κ2) is 4.97. The average Bonchev–Trinajstić information content (AvgIpc) is 2.38. The highest BCUT2D eigenvalue weighted by Gasteiger charge is 2.11. The molecule has 2 aromatic rings. The Bertz CT molecular complexity index is 641. The molecule has 0 saturated heterocycles. The predicted molar refractivity (Wildman–Crippen MR) is 68.9 cm³/mol. The molecular formula is C14H12FNO3. The number of rotatable bonds is 2. The molecule has 0 radical (unpaired) electrons. The van der Waals surface area contributed by atoms with Crippen molar-refractivity contribution in [3.05, 3.63) is 53.3 Å². The number of carbonyl (C=O) groups excluding carboxylic acids is 1. The van der Waals surface area contributed by atoms with Gasteiger partial charge in [-0.1, -0.05) is 6.07 Å². The van der Waals surface area contributed by atoms with Gasteiger partial charge in [-0.15, -0.1) is 0 Å². The van der Waals surface area contributed by atoms with E-state index in [0.29, 0.717) is 11.3 Å². The smallest absolute Gasteiger partial charge is 0.255 e. The molecule has 0 atom stereocenters. The third-order valence-corrected chi connectivity index (χ3v) is 2.75. The van der Waals surface area contributed by atoms with Gasteiger partial charge in [0.1, 0.15) is 5.82 Å². The van der Waals surface area contributed by atoms with E-state index >= 15 is 0 Å². The number of hydrogen-bond donors (Lipinski definition) is 3. The first-order chi connectivity index (χ1) is 8.99. The van der Waals surface area contributed by atoms with E-state index in [4.69, 9.17) is 5.11 Å². The van der Waals surface area contributed by atoms with E-state index in [-0.39, 0.29) is 17.1 Å². The van der Waals surface area contributed by atoms with Gasteiger partial charge in [0, 0.05) is 16.8 Å². The minimum atomic E-state index is -0.496. The van der Waals surface area contributed by atoms with Gasteiger partial charge in [-0.25, -0.2) is 4.39 Å². The summed E-state index contributed by atoms with van der Waals surface area (Å²) in [4.78, 5) is 11.9. The van der Waals surface area contributed by atoms with Crippen LogP contribution in [0.2, 0.25) is 0 Å². The lowest BCUT2D eigenvalue weighted by molar-refractivity contribution is 0.102. The highest BCUT2D eigenvalue weighted by Crippen LogP contribution is 2.25. The minimum absolute atomic E-state index is 0.166. The molecule has 2 rings (SSSR count). The number of phenols is 2. The molecule has 1 amide bonds. The fraction of sp³-hybridized carbons (Fsp3) is 0.0714. The van der Waals surface area contributed by atoms with Crippen LogP contribution in [0, 0.1) is 12.7 Å². The predicted octanol–water partition coefficient (Wildman–Crippen LogP) is 2.80. The first kappa shape index (κ1) is 12.9. The van der Waals surface area contributed by atoms with Gasteiger partial charge in [0.15, 0.2) is 11.5 Å². The standard InChI is InChI=1S/C14H12FNO3/c1-8-10(15)3-2-4-11(8)16-14(19)9-5-6-12(17)13(18)7-9/h2-7,17-18H,1H3,(H,16,19). The fourth-order valence-corrected chi connectivity index (χ4v) is 1.60. The molecule has 0 aliphatic rings. The SMILES string of the molecule is Cc1c(F)cccc1NC(=O)c1ccc(O)c(O)c1. The van der Waals surface area contributed by atoms with Crippen LogP contribution in [-0.4, -0.2) is 16.1 Å². The molecule has 0 unspecified atom stereocenters. The highest BCUT2D eigenvalue weighted by molar-refractivity contribution is 6.05. The van der Waals surface area contributed by atoms with Crippen LogP contribution in [0.5, 0.6) is 11.5 Å². The Morgan fingerprint density at radius 1 is 1.16 bits per heavy atom. The van der Waals surface area contributed by atoms with Gasteiger partial charge in [-0.2, -0.15) is 0 Å². The Balaban J connectivity index is 2.26. The Morgan fingerprint density at radius 2 is 1.89 bits per heavy atom. The Hall–Kier alpha value is -2.56. The maximum atomic E-state index is 13.3. The summed E-state index contributed by atoms with van der Waals surface area (Å²) in [7, 11) is 0. The van der Waals surface area contributed by atoms with Crippen LogP contribution in [0.3, 0.4) is 0 Å². The molecular weight excluding hydrogens is 249 g/mol. The van der Waals surface area contributed by atoms with Crippen molar-refractivity contribution in [2.24, 2.45) is 0 Å². The fourth-order valence-electron chi connectivity index (χ4n) is 1.60. The summed E-state index contributed by atoms with van der Waals surface area (Å²) in [5.74, 6) is -1.60. The molecule has 0 heterocycles. The summed E-state index contributed by atoms with van der Waals surface area (Å²) in [6.07, 6.45) is 0.